The number of amides is 1. The number of rotatable bonds is 5. The van der Waals surface area contributed by atoms with E-state index in [1.54, 1.807) is 12.1 Å². The third kappa shape index (κ3) is 4.31. The second-order valence-corrected chi connectivity index (χ2v) is 5.09. The van der Waals surface area contributed by atoms with Crippen molar-refractivity contribution < 1.29 is 14.7 Å². The Hall–Kier alpha value is -1.07. The van der Waals surface area contributed by atoms with E-state index in [0.29, 0.717) is 21.5 Å². The molecule has 0 spiro atoms. The number of hydrogen-bond donors (Lipinski definition) is 2. The lowest BCUT2D eigenvalue weighted by Gasteiger charge is -2.15. The fraction of sp³-hybridized carbons (Fsp3) is 0.333. The van der Waals surface area contributed by atoms with Crippen molar-refractivity contribution in [2.45, 2.75) is 25.8 Å². The van der Waals surface area contributed by atoms with Crippen LogP contribution in [0.4, 0.5) is 0 Å². The van der Waals surface area contributed by atoms with Crippen molar-refractivity contribution in [3.8, 4) is 0 Å². The van der Waals surface area contributed by atoms with Crippen LogP contribution in [0.5, 0.6) is 0 Å². The van der Waals surface area contributed by atoms with E-state index in [9.17, 15) is 9.59 Å². The van der Waals surface area contributed by atoms with Crippen LogP contribution >= 0.6 is 27.5 Å². The fourth-order valence-corrected chi connectivity index (χ4v) is 2.04. The van der Waals surface area contributed by atoms with Gasteiger partial charge in [0.05, 0.1) is 12.0 Å². The van der Waals surface area contributed by atoms with Gasteiger partial charge in [-0.2, -0.15) is 0 Å². The molecule has 0 saturated heterocycles. The number of carboxylic acid groups (broad SMARTS) is 1. The maximum absolute atomic E-state index is 12.0. The summed E-state index contributed by atoms with van der Waals surface area (Å²) in [5, 5.41) is 11.8. The van der Waals surface area contributed by atoms with E-state index < -0.39 is 5.97 Å². The predicted molar refractivity (Wildman–Crippen MR) is 73.0 cm³/mol. The van der Waals surface area contributed by atoms with Gasteiger partial charge in [0.15, 0.2) is 0 Å². The molecule has 0 radical (unpaired) electrons. The van der Waals surface area contributed by atoms with Gasteiger partial charge >= 0.3 is 5.97 Å². The van der Waals surface area contributed by atoms with Gasteiger partial charge in [-0.05, 0) is 40.5 Å². The first-order valence-electron chi connectivity index (χ1n) is 5.41. The third-order valence-corrected chi connectivity index (χ3v) is 3.35. The summed E-state index contributed by atoms with van der Waals surface area (Å²) < 4.78 is 0.620. The van der Waals surface area contributed by atoms with Crippen molar-refractivity contribution in [2.75, 3.05) is 0 Å². The average Bonchev–Trinajstić information content (AvgIpc) is 2.30. The van der Waals surface area contributed by atoms with E-state index in [1.807, 2.05) is 6.92 Å². The van der Waals surface area contributed by atoms with Gasteiger partial charge in [0.1, 0.15) is 0 Å². The minimum atomic E-state index is -0.938. The van der Waals surface area contributed by atoms with Crippen molar-refractivity contribution >= 4 is 39.4 Å². The summed E-state index contributed by atoms with van der Waals surface area (Å²) in [6, 6.07) is 4.49. The Bertz CT molecular complexity index is 465. The number of nitrogens with one attached hydrogen (secondary N) is 1. The molecule has 0 fully saturated rings. The Morgan fingerprint density at radius 1 is 1.50 bits per heavy atom. The van der Waals surface area contributed by atoms with Crippen LogP contribution in [-0.4, -0.2) is 23.0 Å². The lowest BCUT2D eigenvalue weighted by atomic mass is 10.1. The summed E-state index contributed by atoms with van der Waals surface area (Å²) >= 11 is 9.08. The molecule has 1 unspecified atom stereocenters. The number of halogens is 2. The molecule has 1 aromatic rings. The molecule has 98 valence electrons. The van der Waals surface area contributed by atoms with Crippen LogP contribution in [0, 0.1) is 0 Å². The highest BCUT2D eigenvalue weighted by Crippen LogP contribution is 2.21. The lowest BCUT2D eigenvalue weighted by molar-refractivity contribution is -0.137. The molecular weight excluding hydrogens is 321 g/mol. The molecule has 0 bridgehead atoms. The molecule has 4 nitrogen and oxygen atoms in total. The quantitative estimate of drug-likeness (QED) is 0.869. The van der Waals surface area contributed by atoms with Crippen LogP contribution in [0.2, 0.25) is 5.02 Å². The van der Waals surface area contributed by atoms with Gasteiger partial charge in [-0.15, -0.1) is 0 Å². The SMILES string of the molecule is CCC(CC(=O)O)NC(=O)c1cc(Cl)ccc1Br. The Morgan fingerprint density at radius 2 is 2.17 bits per heavy atom. The largest absolute Gasteiger partial charge is 0.481 e. The molecule has 1 rings (SSSR count). The fourth-order valence-electron chi connectivity index (χ4n) is 1.44. The van der Waals surface area contributed by atoms with E-state index in [4.69, 9.17) is 16.7 Å². The van der Waals surface area contributed by atoms with Gasteiger partial charge in [0.25, 0.3) is 5.91 Å². The summed E-state index contributed by atoms with van der Waals surface area (Å²) in [5.74, 6) is -1.27. The summed E-state index contributed by atoms with van der Waals surface area (Å²) in [5.41, 5.74) is 0.395. The molecule has 6 heteroatoms. The Balaban J connectivity index is 2.80. The molecule has 1 amide bonds. The Morgan fingerprint density at radius 3 is 2.72 bits per heavy atom. The zero-order valence-electron chi connectivity index (χ0n) is 9.74. The van der Waals surface area contributed by atoms with E-state index in [0.717, 1.165) is 0 Å². The smallest absolute Gasteiger partial charge is 0.305 e. The second kappa shape index (κ2) is 6.75. The Labute approximate surface area is 118 Å². The maximum Gasteiger partial charge on any atom is 0.305 e. The van der Waals surface area contributed by atoms with Crippen LogP contribution < -0.4 is 5.32 Å². The monoisotopic (exact) mass is 333 g/mol. The van der Waals surface area contributed by atoms with Crippen molar-refractivity contribution in [1.82, 2.24) is 5.32 Å². The highest BCUT2D eigenvalue weighted by atomic mass is 79.9. The highest BCUT2D eigenvalue weighted by Gasteiger charge is 2.17. The van der Waals surface area contributed by atoms with Crippen molar-refractivity contribution in [3.63, 3.8) is 0 Å². The molecule has 1 atom stereocenters. The van der Waals surface area contributed by atoms with Crippen LogP contribution in [-0.2, 0) is 4.79 Å². The molecule has 0 saturated carbocycles. The number of carbonyl (C=O) groups excluding carboxylic acids is 1. The number of hydrogen-bond acceptors (Lipinski definition) is 2. The number of aliphatic carboxylic acids is 1. The normalized spacial score (nSPS) is 11.9. The van der Waals surface area contributed by atoms with Crippen molar-refractivity contribution in [2.24, 2.45) is 0 Å². The topological polar surface area (TPSA) is 66.4 Å². The zero-order chi connectivity index (χ0) is 13.7. The molecular formula is C12H13BrClNO3. The van der Waals surface area contributed by atoms with Gasteiger partial charge in [-0.3, -0.25) is 9.59 Å². The zero-order valence-corrected chi connectivity index (χ0v) is 12.1. The van der Waals surface area contributed by atoms with Gasteiger partial charge in [0.2, 0.25) is 0 Å². The highest BCUT2D eigenvalue weighted by molar-refractivity contribution is 9.10. The van der Waals surface area contributed by atoms with Gasteiger partial charge in [0, 0.05) is 15.5 Å². The standard InChI is InChI=1S/C12H13BrClNO3/c1-2-8(6-11(16)17)15-12(18)9-5-7(14)3-4-10(9)13/h3-5,8H,2,6H2,1H3,(H,15,18)(H,16,17). The van der Waals surface area contributed by atoms with Crippen LogP contribution in [0.25, 0.3) is 0 Å². The van der Waals surface area contributed by atoms with Gasteiger partial charge in [-0.1, -0.05) is 18.5 Å². The first-order chi connectivity index (χ1) is 8.43. The van der Waals surface area contributed by atoms with Crippen LogP contribution in [0.3, 0.4) is 0 Å². The first-order valence-corrected chi connectivity index (χ1v) is 6.58. The molecule has 0 aliphatic carbocycles. The van der Waals surface area contributed by atoms with Crippen molar-refractivity contribution in [1.29, 1.82) is 0 Å². The van der Waals surface area contributed by atoms with E-state index in [2.05, 4.69) is 21.2 Å². The van der Waals surface area contributed by atoms with Crippen molar-refractivity contribution in [3.05, 3.63) is 33.3 Å². The second-order valence-electron chi connectivity index (χ2n) is 3.80. The van der Waals surface area contributed by atoms with E-state index in [-0.39, 0.29) is 18.4 Å². The number of carboxylic acids is 1. The average molecular weight is 335 g/mol. The summed E-state index contributed by atoms with van der Waals surface area (Å²) in [4.78, 5) is 22.6. The molecule has 1 aromatic carbocycles. The van der Waals surface area contributed by atoms with Gasteiger partial charge < -0.3 is 10.4 Å². The lowest BCUT2D eigenvalue weighted by Crippen LogP contribution is -2.36. The molecule has 0 heterocycles. The van der Waals surface area contributed by atoms with Crippen LogP contribution in [0.1, 0.15) is 30.1 Å². The predicted octanol–water partition coefficient (Wildman–Crippen LogP) is 3.09. The molecule has 0 aliphatic rings. The number of carbonyl (C=O) groups is 2. The molecule has 18 heavy (non-hydrogen) atoms. The summed E-state index contributed by atoms with van der Waals surface area (Å²) in [6.45, 7) is 1.82. The summed E-state index contributed by atoms with van der Waals surface area (Å²) in [7, 11) is 0. The number of benzene rings is 1. The minimum absolute atomic E-state index is 0.0968. The minimum Gasteiger partial charge on any atom is -0.481 e. The molecule has 0 aliphatic heterocycles. The Kier molecular flexibility index (Phi) is 5.62. The maximum atomic E-state index is 12.0. The third-order valence-electron chi connectivity index (χ3n) is 2.42. The van der Waals surface area contributed by atoms with E-state index in [1.165, 1.54) is 6.07 Å². The molecule has 2 N–H and O–H groups in total. The van der Waals surface area contributed by atoms with Gasteiger partial charge in [-0.25, -0.2) is 0 Å². The van der Waals surface area contributed by atoms with E-state index >= 15 is 0 Å². The molecule has 0 aromatic heterocycles. The summed E-state index contributed by atoms with van der Waals surface area (Å²) in [6.07, 6.45) is 0.455. The first kappa shape index (κ1) is 15.0. The van der Waals surface area contributed by atoms with Crippen LogP contribution in [0.15, 0.2) is 22.7 Å².